The summed E-state index contributed by atoms with van der Waals surface area (Å²) in [6.07, 6.45) is 0. The summed E-state index contributed by atoms with van der Waals surface area (Å²) in [7, 11) is 0. The number of anilines is 1. The number of hydrogen-bond donors (Lipinski definition) is 0. The molecule has 0 bridgehead atoms. The number of benzene rings is 4. The third-order valence-electron chi connectivity index (χ3n) is 5.29. The van der Waals surface area contributed by atoms with E-state index >= 15 is 0 Å². The Balaban J connectivity index is 1.65. The van der Waals surface area contributed by atoms with E-state index in [1.807, 2.05) is 78.9 Å². The first kappa shape index (κ1) is 18.5. The molecule has 0 aliphatic rings. The summed E-state index contributed by atoms with van der Waals surface area (Å²) in [5.74, 6) is -0.0348. The summed E-state index contributed by atoms with van der Waals surface area (Å²) in [4.78, 5) is 20.5. The van der Waals surface area contributed by atoms with Gasteiger partial charge in [-0.1, -0.05) is 90.2 Å². The first-order valence-corrected chi connectivity index (χ1v) is 10.7. The first-order valence-electron chi connectivity index (χ1n) is 9.90. The highest BCUT2D eigenvalue weighted by molar-refractivity contribution is 7.22. The van der Waals surface area contributed by atoms with Crippen LogP contribution in [-0.2, 0) is 6.54 Å². The third-order valence-corrected chi connectivity index (χ3v) is 6.33. The lowest BCUT2D eigenvalue weighted by atomic mass is 10.0. The molecule has 0 saturated heterocycles. The monoisotopic (exact) mass is 408 g/mol. The van der Waals surface area contributed by atoms with Crippen LogP contribution < -0.4 is 4.90 Å². The molecule has 0 spiro atoms. The zero-order valence-electron chi connectivity index (χ0n) is 16.6. The number of nitrogens with zero attached hydrogens (tertiary/aromatic N) is 2. The Morgan fingerprint density at radius 2 is 1.60 bits per heavy atom. The highest BCUT2D eigenvalue weighted by Gasteiger charge is 2.23. The summed E-state index contributed by atoms with van der Waals surface area (Å²) < 4.78 is 1.09. The SMILES string of the molecule is Cc1cccc2sc(N(Cc3ccccc3)C(=O)c3cccc4ccccc34)nc12. The summed E-state index contributed by atoms with van der Waals surface area (Å²) in [5.41, 5.74) is 3.84. The molecule has 4 heteroatoms. The van der Waals surface area contributed by atoms with Crippen LogP contribution >= 0.6 is 11.3 Å². The van der Waals surface area contributed by atoms with Crippen LogP contribution in [0.3, 0.4) is 0 Å². The summed E-state index contributed by atoms with van der Waals surface area (Å²) in [5, 5.41) is 2.74. The molecule has 0 aliphatic heterocycles. The van der Waals surface area contributed by atoms with E-state index in [-0.39, 0.29) is 5.91 Å². The summed E-state index contributed by atoms with van der Waals surface area (Å²) >= 11 is 1.56. The van der Waals surface area contributed by atoms with Crippen molar-refractivity contribution in [3.05, 3.63) is 108 Å². The molecule has 0 saturated carbocycles. The minimum atomic E-state index is -0.0348. The van der Waals surface area contributed by atoms with Crippen molar-refractivity contribution >= 4 is 43.4 Å². The second-order valence-electron chi connectivity index (χ2n) is 7.32. The second-order valence-corrected chi connectivity index (χ2v) is 8.33. The van der Waals surface area contributed by atoms with Crippen LogP contribution in [0.25, 0.3) is 21.0 Å². The van der Waals surface area contributed by atoms with Gasteiger partial charge in [-0.15, -0.1) is 0 Å². The van der Waals surface area contributed by atoms with E-state index in [2.05, 4.69) is 19.1 Å². The maximum atomic E-state index is 13.8. The molecule has 4 aromatic carbocycles. The zero-order valence-corrected chi connectivity index (χ0v) is 17.4. The quantitative estimate of drug-likeness (QED) is 0.335. The molecule has 5 rings (SSSR count). The van der Waals surface area contributed by atoms with Gasteiger partial charge in [0.1, 0.15) is 0 Å². The van der Waals surface area contributed by atoms with E-state index in [0.29, 0.717) is 12.1 Å². The Kier molecular flexibility index (Phi) is 4.77. The maximum Gasteiger partial charge on any atom is 0.261 e. The molecule has 30 heavy (non-hydrogen) atoms. The van der Waals surface area contributed by atoms with E-state index in [0.717, 1.165) is 37.2 Å². The minimum Gasteiger partial charge on any atom is -0.279 e. The molecule has 1 aromatic heterocycles. The van der Waals surface area contributed by atoms with Crippen molar-refractivity contribution in [2.75, 3.05) is 4.90 Å². The Labute approximate surface area is 179 Å². The van der Waals surface area contributed by atoms with Crippen molar-refractivity contribution in [1.82, 2.24) is 4.98 Å². The van der Waals surface area contributed by atoms with Gasteiger partial charge in [-0.3, -0.25) is 9.69 Å². The molecule has 3 nitrogen and oxygen atoms in total. The zero-order chi connectivity index (χ0) is 20.5. The van der Waals surface area contributed by atoms with Gasteiger partial charge in [-0.25, -0.2) is 4.98 Å². The van der Waals surface area contributed by atoms with Crippen LogP contribution in [0, 0.1) is 6.92 Å². The van der Waals surface area contributed by atoms with Crippen LogP contribution in [0.5, 0.6) is 0 Å². The fourth-order valence-electron chi connectivity index (χ4n) is 3.74. The lowest BCUT2D eigenvalue weighted by Crippen LogP contribution is -2.30. The second kappa shape index (κ2) is 7.73. The number of carbonyl (C=O) groups is 1. The van der Waals surface area contributed by atoms with Crippen LogP contribution in [0.2, 0.25) is 0 Å². The van der Waals surface area contributed by atoms with E-state index in [9.17, 15) is 4.79 Å². The van der Waals surface area contributed by atoms with Crippen molar-refractivity contribution in [2.24, 2.45) is 0 Å². The van der Waals surface area contributed by atoms with Crippen molar-refractivity contribution in [1.29, 1.82) is 0 Å². The number of hydrogen-bond acceptors (Lipinski definition) is 3. The number of carbonyl (C=O) groups excluding carboxylic acids is 1. The Bertz CT molecular complexity index is 1350. The summed E-state index contributed by atoms with van der Waals surface area (Å²) in [6, 6.07) is 30.1. The topological polar surface area (TPSA) is 33.2 Å². The predicted octanol–water partition coefficient (Wildman–Crippen LogP) is 6.60. The van der Waals surface area contributed by atoms with Gasteiger partial charge in [-0.2, -0.15) is 0 Å². The van der Waals surface area contributed by atoms with Gasteiger partial charge < -0.3 is 0 Å². The largest absolute Gasteiger partial charge is 0.279 e. The molecule has 0 unspecified atom stereocenters. The molecule has 0 fully saturated rings. The van der Waals surface area contributed by atoms with Crippen LogP contribution in [0.15, 0.2) is 91.0 Å². The van der Waals surface area contributed by atoms with Gasteiger partial charge in [0.2, 0.25) is 0 Å². The molecule has 1 heterocycles. The Hall–Kier alpha value is -3.50. The number of thiazole rings is 1. The Morgan fingerprint density at radius 1 is 0.867 bits per heavy atom. The highest BCUT2D eigenvalue weighted by atomic mass is 32.1. The molecular weight excluding hydrogens is 388 g/mol. The molecule has 1 amide bonds. The fourth-order valence-corrected chi connectivity index (χ4v) is 4.78. The van der Waals surface area contributed by atoms with E-state index < -0.39 is 0 Å². The molecule has 5 aromatic rings. The molecule has 0 aliphatic carbocycles. The highest BCUT2D eigenvalue weighted by Crippen LogP contribution is 2.33. The van der Waals surface area contributed by atoms with Gasteiger partial charge in [0.05, 0.1) is 16.8 Å². The van der Waals surface area contributed by atoms with Gasteiger partial charge >= 0.3 is 0 Å². The normalized spacial score (nSPS) is 11.1. The average molecular weight is 409 g/mol. The van der Waals surface area contributed by atoms with E-state index in [4.69, 9.17) is 4.98 Å². The fraction of sp³-hybridized carbons (Fsp3) is 0.0769. The number of aryl methyl sites for hydroxylation is 1. The molecule has 0 atom stereocenters. The van der Waals surface area contributed by atoms with Gasteiger partial charge in [0.25, 0.3) is 5.91 Å². The van der Waals surface area contributed by atoms with Gasteiger partial charge in [0.15, 0.2) is 5.13 Å². The number of para-hydroxylation sites is 1. The van der Waals surface area contributed by atoms with Crippen molar-refractivity contribution in [2.45, 2.75) is 13.5 Å². The van der Waals surface area contributed by atoms with Crippen molar-refractivity contribution in [3.63, 3.8) is 0 Å². The summed E-state index contributed by atoms with van der Waals surface area (Å²) in [6.45, 7) is 2.53. The molecule has 0 radical (unpaired) electrons. The first-order chi connectivity index (χ1) is 14.7. The van der Waals surface area contributed by atoms with Crippen LogP contribution in [0.1, 0.15) is 21.5 Å². The average Bonchev–Trinajstić information content (AvgIpc) is 3.23. The van der Waals surface area contributed by atoms with Gasteiger partial charge in [-0.05, 0) is 41.0 Å². The molecular formula is C26H20N2OS. The number of amides is 1. The van der Waals surface area contributed by atoms with E-state index in [1.165, 1.54) is 0 Å². The lowest BCUT2D eigenvalue weighted by molar-refractivity contribution is 0.0986. The lowest BCUT2D eigenvalue weighted by Gasteiger charge is -2.21. The Morgan fingerprint density at radius 3 is 2.43 bits per heavy atom. The molecule has 146 valence electrons. The van der Waals surface area contributed by atoms with Crippen LogP contribution in [0.4, 0.5) is 5.13 Å². The predicted molar refractivity (Wildman–Crippen MR) is 125 cm³/mol. The van der Waals surface area contributed by atoms with Crippen molar-refractivity contribution in [3.8, 4) is 0 Å². The third kappa shape index (κ3) is 3.36. The molecule has 0 N–H and O–H groups in total. The number of fused-ring (bicyclic) bond motifs is 2. The van der Waals surface area contributed by atoms with Crippen LogP contribution in [-0.4, -0.2) is 10.9 Å². The maximum absolute atomic E-state index is 13.8. The standard InChI is InChI=1S/C26H20N2OS/c1-18-9-7-16-23-24(18)27-26(30-23)28(17-19-10-3-2-4-11-19)25(29)22-15-8-13-20-12-5-6-14-21(20)22/h2-16H,17H2,1H3. The van der Waals surface area contributed by atoms with E-state index in [1.54, 1.807) is 16.2 Å². The number of aromatic nitrogens is 1. The minimum absolute atomic E-state index is 0.0348. The number of rotatable bonds is 4. The van der Waals surface area contributed by atoms with Crippen molar-refractivity contribution < 1.29 is 4.79 Å². The van der Waals surface area contributed by atoms with Gasteiger partial charge in [0, 0.05) is 5.56 Å². The smallest absolute Gasteiger partial charge is 0.261 e.